The maximum absolute atomic E-state index is 12.2. The van der Waals surface area contributed by atoms with Gasteiger partial charge >= 0.3 is 0 Å². The summed E-state index contributed by atoms with van der Waals surface area (Å²) < 4.78 is 27.0. The second-order valence-corrected chi connectivity index (χ2v) is 5.55. The van der Waals surface area contributed by atoms with Gasteiger partial charge in [0.1, 0.15) is 17.0 Å². The summed E-state index contributed by atoms with van der Waals surface area (Å²) >= 11 is 0. The van der Waals surface area contributed by atoms with Crippen LogP contribution < -0.4 is 10.5 Å². The van der Waals surface area contributed by atoms with Gasteiger partial charge in [0, 0.05) is 12.7 Å². The van der Waals surface area contributed by atoms with E-state index in [1.54, 1.807) is 13.0 Å². The average molecular weight is 282 g/mol. The average Bonchev–Trinajstić information content (AvgIpc) is 2.92. The van der Waals surface area contributed by atoms with Gasteiger partial charge in [-0.05, 0) is 19.1 Å². The first kappa shape index (κ1) is 13.6. The van der Waals surface area contributed by atoms with Gasteiger partial charge in [-0.1, -0.05) is 0 Å². The summed E-state index contributed by atoms with van der Waals surface area (Å²) in [5.41, 5.74) is 5.81. The Morgan fingerprint density at radius 2 is 2.26 bits per heavy atom. The van der Waals surface area contributed by atoms with E-state index in [4.69, 9.17) is 5.73 Å². The standard InChI is InChI=1S/C10H14N6O2S/c1-7(10-13-6-14-15-10)16-19(17,18)9-3-2-4-12-8(9)5-11/h2-4,6-7,16H,5,11H2,1H3,(H,13,14,15). The molecule has 102 valence electrons. The zero-order valence-corrected chi connectivity index (χ0v) is 11.1. The van der Waals surface area contributed by atoms with Crippen molar-refractivity contribution in [2.75, 3.05) is 0 Å². The Hall–Kier alpha value is -1.84. The lowest BCUT2D eigenvalue weighted by Gasteiger charge is -2.13. The molecule has 0 aliphatic rings. The highest BCUT2D eigenvalue weighted by molar-refractivity contribution is 7.89. The number of nitrogens with one attached hydrogen (secondary N) is 2. The Kier molecular flexibility index (Phi) is 3.88. The molecule has 19 heavy (non-hydrogen) atoms. The van der Waals surface area contributed by atoms with Crippen LogP contribution in [0.1, 0.15) is 24.5 Å². The SMILES string of the molecule is CC(NS(=O)(=O)c1cccnc1CN)c1ncn[nH]1. The lowest BCUT2D eigenvalue weighted by atomic mass is 10.3. The Bertz CT molecular complexity index is 640. The van der Waals surface area contributed by atoms with E-state index in [2.05, 4.69) is 24.9 Å². The zero-order valence-electron chi connectivity index (χ0n) is 10.2. The number of H-pyrrole nitrogens is 1. The fraction of sp³-hybridized carbons (Fsp3) is 0.300. The number of hydrogen-bond donors (Lipinski definition) is 3. The molecule has 8 nitrogen and oxygen atoms in total. The molecule has 0 aliphatic heterocycles. The van der Waals surface area contributed by atoms with Gasteiger partial charge in [-0.25, -0.2) is 18.1 Å². The molecule has 0 aromatic carbocycles. The summed E-state index contributed by atoms with van der Waals surface area (Å²) in [6.07, 6.45) is 2.82. The van der Waals surface area contributed by atoms with Crippen LogP contribution in [0.3, 0.4) is 0 Å². The molecule has 4 N–H and O–H groups in total. The van der Waals surface area contributed by atoms with Gasteiger partial charge in [0.05, 0.1) is 11.7 Å². The molecular formula is C10H14N6O2S. The third kappa shape index (κ3) is 2.95. The summed E-state index contributed by atoms with van der Waals surface area (Å²) in [7, 11) is -3.71. The van der Waals surface area contributed by atoms with Gasteiger partial charge in [0.15, 0.2) is 0 Å². The second kappa shape index (κ2) is 5.43. The van der Waals surface area contributed by atoms with Crippen molar-refractivity contribution < 1.29 is 8.42 Å². The van der Waals surface area contributed by atoms with E-state index in [1.807, 2.05) is 0 Å². The van der Waals surface area contributed by atoms with Crippen molar-refractivity contribution in [3.63, 3.8) is 0 Å². The number of sulfonamides is 1. The lowest BCUT2D eigenvalue weighted by Crippen LogP contribution is -2.29. The number of nitrogens with two attached hydrogens (primary N) is 1. The minimum Gasteiger partial charge on any atom is -0.325 e. The summed E-state index contributed by atoms with van der Waals surface area (Å²) in [6, 6.07) is 2.48. The minimum absolute atomic E-state index is 0.0494. The highest BCUT2D eigenvalue weighted by Crippen LogP contribution is 2.16. The molecule has 2 rings (SSSR count). The largest absolute Gasteiger partial charge is 0.325 e. The van der Waals surface area contributed by atoms with E-state index in [1.165, 1.54) is 18.6 Å². The van der Waals surface area contributed by atoms with Crippen LogP contribution in [0.5, 0.6) is 0 Å². The van der Waals surface area contributed by atoms with Crippen LogP contribution in [0.25, 0.3) is 0 Å². The van der Waals surface area contributed by atoms with Crippen LogP contribution in [0.15, 0.2) is 29.6 Å². The molecule has 1 atom stereocenters. The van der Waals surface area contributed by atoms with Crippen LogP contribution in [0.2, 0.25) is 0 Å². The van der Waals surface area contributed by atoms with E-state index in [0.717, 1.165) is 0 Å². The summed E-state index contributed by atoms with van der Waals surface area (Å²) in [5.74, 6) is 0.432. The van der Waals surface area contributed by atoms with E-state index >= 15 is 0 Å². The van der Waals surface area contributed by atoms with Crippen LogP contribution in [-0.2, 0) is 16.6 Å². The van der Waals surface area contributed by atoms with E-state index in [0.29, 0.717) is 11.5 Å². The maximum Gasteiger partial charge on any atom is 0.243 e. The number of pyridine rings is 1. The molecule has 2 aromatic heterocycles. The van der Waals surface area contributed by atoms with E-state index < -0.39 is 16.1 Å². The zero-order chi connectivity index (χ0) is 13.9. The molecule has 0 saturated carbocycles. The second-order valence-electron chi connectivity index (χ2n) is 3.87. The number of nitrogens with zero attached hydrogens (tertiary/aromatic N) is 3. The Morgan fingerprint density at radius 3 is 2.89 bits per heavy atom. The van der Waals surface area contributed by atoms with Gasteiger partial charge in [-0.15, -0.1) is 0 Å². The van der Waals surface area contributed by atoms with Crippen LogP contribution in [0.4, 0.5) is 0 Å². The molecule has 2 heterocycles. The van der Waals surface area contributed by atoms with Gasteiger partial charge in [0.2, 0.25) is 10.0 Å². The molecule has 0 fully saturated rings. The first-order chi connectivity index (χ1) is 9.04. The lowest BCUT2D eigenvalue weighted by molar-refractivity contribution is 0.558. The Balaban J connectivity index is 2.28. The molecule has 0 saturated heterocycles. The number of rotatable bonds is 5. The molecule has 0 spiro atoms. The van der Waals surface area contributed by atoms with Gasteiger partial charge in [-0.3, -0.25) is 10.1 Å². The first-order valence-corrected chi connectivity index (χ1v) is 7.04. The maximum atomic E-state index is 12.2. The molecule has 9 heteroatoms. The van der Waals surface area contributed by atoms with Crippen molar-refractivity contribution in [2.45, 2.75) is 24.4 Å². The highest BCUT2D eigenvalue weighted by atomic mass is 32.2. The molecule has 1 unspecified atom stereocenters. The Labute approximate surface area is 110 Å². The van der Waals surface area contributed by atoms with Gasteiger partial charge < -0.3 is 5.73 Å². The smallest absolute Gasteiger partial charge is 0.243 e. The third-order valence-corrected chi connectivity index (χ3v) is 4.12. The van der Waals surface area contributed by atoms with Crippen molar-refractivity contribution in [2.24, 2.45) is 5.73 Å². The molecular weight excluding hydrogens is 268 g/mol. The number of aromatic amines is 1. The van der Waals surface area contributed by atoms with Crippen LogP contribution in [-0.4, -0.2) is 28.6 Å². The van der Waals surface area contributed by atoms with Crippen molar-refractivity contribution in [3.05, 3.63) is 36.2 Å². The van der Waals surface area contributed by atoms with Crippen molar-refractivity contribution in [1.29, 1.82) is 0 Å². The van der Waals surface area contributed by atoms with Gasteiger partial charge in [0.25, 0.3) is 0 Å². The van der Waals surface area contributed by atoms with Crippen LogP contribution >= 0.6 is 0 Å². The fourth-order valence-electron chi connectivity index (χ4n) is 1.60. The monoisotopic (exact) mass is 282 g/mol. The minimum atomic E-state index is -3.71. The predicted molar refractivity (Wildman–Crippen MR) is 67.2 cm³/mol. The normalized spacial score (nSPS) is 13.4. The van der Waals surface area contributed by atoms with Crippen molar-refractivity contribution in [3.8, 4) is 0 Å². The fourth-order valence-corrected chi connectivity index (χ4v) is 3.00. The topological polar surface area (TPSA) is 127 Å². The molecule has 0 aliphatic carbocycles. The predicted octanol–water partition coefficient (Wildman–Crippen LogP) is -0.302. The Morgan fingerprint density at radius 1 is 1.47 bits per heavy atom. The van der Waals surface area contributed by atoms with Crippen molar-refractivity contribution >= 4 is 10.0 Å². The summed E-state index contributed by atoms with van der Waals surface area (Å²) in [5, 5.41) is 6.29. The first-order valence-electron chi connectivity index (χ1n) is 5.56. The molecule has 0 radical (unpaired) electrons. The van der Waals surface area contributed by atoms with Gasteiger partial charge in [-0.2, -0.15) is 5.10 Å². The highest BCUT2D eigenvalue weighted by Gasteiger charge is 2.22. The van der Waals surface area contributed by atoms with E-state index in [-0.39, 0.29) is 11.4 Å². The third-order valence-electron chi connectivity index (χ3n) is 2.51. The van der Waals surface area contributed by atoms with Crippen LogP contribution in [0, 0.1) is 0 Å². The molecule has 0 bridgehead atoms. The van der Waals surface area contributed by atoms with E-state index in [9.17, 15) is 8.42 Å². The molecule has 2 aromatic rings. The summed E-state index contributed by atoms with van der Waals surface area (Å²) in [6.45, 7) is 1.71. The molecule has 0 amide bonds. The number of aromatic nitrogens is 4. The summed E-state index contributed by atoms with van der Waals surface area (Å²) in [4.78, 5) is 7.93. The quantitative estimate of drug-likeness (QED) is 0.691. The van der Waals surface area contributed by atoms with Crippen molar-refractivity contribution in [1.82, 2.24) is 24.9 Å². The number of hydrogen-bond acceptors (Lipinski definition) is 6.